The summed E-state index contributed by atoms with van der Waals surface area (Å²) in [7, 11) is 0. The number of rotatable bonds is 6. The molecule has 0 radical (unpaired) electrons. The molecule has 20 heavy (non-hydrogen) atoms. The summed E-state index contributed by atoms with van der Waals surface area (Å²) < 4.78 is 0. The number of nitrogens with two attached hydrogens (primary N) is 1. The fourth-order valence-electron chi connectivity index (χ4n) is 3.13. The van der Waals surface area contributed by atoms with Crippen molar-refractivity contribution in [2.45, 2.75) is 58.3 Å². The van der Waals surface area contributed by atoms with Crippen LogP contribution in [0.2, 0.25) is 0 Å². The molecule has 3 atom stereocenters. The lowest BCUT2D eigenvalue weighted by molar-refractivity contribution is -0.328. The number of hydrogen-bond acceptors (Lipinski definition) is 5. The molecule has 6 heteroatoms. The van der Waals surface area contributed by atoms with Crippen molar-refractivity contribution in [3.8, 4) is 0 Å². The van der Waals surface area contributed by atoms with Crippen molar-refractivity contribution in [1.29, 1.82) is 0 Å². The summed E-state index contributed by atoms with van der Waals surface area (Å²) in [6.07, 6.45) is 1.42. The van der Waals surface area contributed by atoms with E-state index in [0.29, 0.717) is 13.0 Å². The van der Waals surface area contributed by atoms with Gasteiger partial charge in [-0.25, -0.2) is 9.86 Å². The van der Waals surface area contributed by atoms with Gasteiger partial charge in [0.2, 0.25) is 0 Å². The van der Waals surface area contributed by atoms with E-state index in [9.17, 15) is 15.0 Å². The average Bonchev–Trinajstić information content (AvgIpc) is 2.60. The molecule has 0 aromatic carbocycles. The van der Waals surface area contributed by atoms with E-state index in [2.05, 4.69) is 0 Å². The predicted octanol–water partition coefficient (Wildman–Crippen LogP) is 0.859. The van der Waals surface area contributed by atoms with Crippen LogP contribution in [0.5, 0.6) is 0 Å². The van der Waals surface area contributed by atoms with E-state index in [1.807, 2.05) is 13.8 Å². The second kappa shape index (κ2) is 5.35. The summed E-state index contributed by atoms with van der Waals surface area (Å²) in [4.78, 5) is 17.0. The Labute approximate surface area is 119 Å². The van der Waals surface area contributed by atoms with Gasteiger partial charge < -0.3 is 15.9 Å². The van der Waals surface area contributed by atoms with Crippen molar-refractivity contribution in [1.82, 2.24) is 5.06 Å². The van der Waals surface area contributed by atoms with Crippen molar-refractivity contribution in [3.05, 3.63) is 11.3 Å². The van der Waals surface area contributed by atoms with Gasteiger partial charge in [-0.3, -0.25) is 4.84 Å². The minimum Gasteiger partial charge on any atom is -0.477 e. The summed E-state index contributed by atoms with van der Waals surface area (Å²) in [5, 5.41) is 20.6. The molecule has 114 valence electrons. The zero-order chi connectivity index (χ0) is 15.1. The average molecular weight is 284 g/mol. The molecule has 0 spiro atoms. The minimum atomic E-state index is -0.965. The van der Waals surface area contributed by atoms with Crippen LogP contribution >= 0.6 is 0 Å². The topological polar surface area (TPSA) is 96.0 Å². The van der Waals surface area contributed by atoms with Gasteiger partial charge in [-0.05, 0) is 43.7 Å². The number of aliphatic carboxylic acids is 1. The van der Waals surface area contributed by atoms with Crippen LogP contribution in [0.3, 0.4) is 0 Å². The number of hydrogen-bond donors (Lipinski definition) is 3. The van der Waals surface area contributed by atoms with Gasteiger partial charge in [0.25, 0.3) is 0 Å². The van der Waals surface area contributed by atoms with Crippen LogP contribution in [0, 0.1) is 5.41 Å². The number of aliphatic hydroxyl groups is 1. The smallest absolute Gasteiger partial charge is 0.354 e. The van der Waals surface area contributed by atoms with Crippen LogP contribution < -0.4 is 5.73 Å². The van der Waals surface area contributed by atoms with Gasteiger partial charge in [0.1, 0.15) is 11.8 Å². The van der Waals surface area contributed by atoms with E-state index in [1.165, 1.54) is 5.06 Å². The van der Waals surface area contributed by atoms with E-state index in [4.69, 9.17) is 10.6 Å². The maximum Gasteiger partial charge on any atom is 0.354 e. The lowest BCUT2D eigenvalue weighted by Gasteiger charge is -2.45. The third-order valence-electron chi connectivity index (χ3n) is 4.34. The quantitative estimate of drug-likeness (QED) is 0.669. The van der Waals surface area contributed by atoms with Crippen molar-refractivity contribution in [2.24, 2.45) is 11.1 Å². The molecule has 2 aliphatic heterocycles. The molecular formula is C14H24N2O4. The molecule has 1 fully saturated rings. The molecule has 0 amide bonds. The Balaban J connectivity index is 2.23. The Morgan fingerprint density at radius 2 is 2.25 bits per heavy atom. The summed E-state index contributed by atoms with van der Waals surface area (Å²) >= 11 is 0. The third kappa shape index (κ3) is 2.43. The second-order valence-electron chi connectivity index (χ2n) is 6.32. The fraction of sp³-hybridized carbons (Fsp3) is 0.786. The molecular weight excluding hydrogens is 260 g/mol. The SMILES string of the molecule is CC(O)[C@@H]1ON2C(C(=O)O)=C(C(C)(C)CCCN)C[C@H]12. The standard InChI is InChI=1S/C14H24N2O4/c1-8(17)12-10-7-9(14(2,3)5-4-6-15)11(13(18)19)16(10)20-12/h8,10,12,17H,4-7,15H2,1-3H3,(H,18,19)/t8?,10-,12+/m1/s1. The van der Waals surface area contributed by atoms with Crippen LogP contribution in [0.1, 0.15) is 40.0 Å². The molecule has 1 unspecified atom stereocenters. The molecule has 0 aliphatic carbocycles. The molecule has 0 aromatic rings. The van der Waals surface area contributed by atoms with E-state index >= 15 is 0 Å². The molecule has 2 heterocycles. The summed E-state index contributed by atoms with van der Waals surface area (Å²) in [6, 6.07) is -0.0618. The lowest BCUT2D eigenvalue weighted by Crippen LogP contribution is -2.59. The Hall–Kier alpha value is -1.11. The van der Waals surface area contributed by atoms with Gasteiger partial charge >= 0.3 is 5.97 Å². The Morgan fingerprint density at radius 3 is 2.75 bits per heavy atom. The Morgan fingerprint density at radius 1 is 1.60 bits per heavy atom. The van der Waals surface area contributed by atoms with Crippen LogP contribution in [0.25, 0.3) is 0 Å². The number of carboxylic acid groups (broad SMARTS) is 1. The van der Waals surface area contributed by atoms with Gasteiger partial charge in [0, 0.05) is 0 Å². The zero-order valence-corrected chi connectivity index (χ0v) is 12.3. The van der Waals surface area contributed by atoms with Gasteiger partial charge in [-0.1, -0.05) is 13.8 Å². The Bertz CT molecular complexity index is 431. The first-order valence-electron chi connectivity index (χ1n) is 7.10. The van der Waals surface area contributed by atoms with E-state index in [1.54, 1.807) is 6.92 Å². The largest absolute Gasteiger partial charge is 0.477 e. The second-order valence-corrected chi connectivity index (χ2v) is 6.32. The fourth-order valence-corrected chi connectivity index (χ4v) is 3.13. The number of aliphatic hydroxyl groups excluding tert-OH is 1. The number of carbonyl (C=O) groups is 1. The van der Waals surface area contributed by atoms with Crippen molar-refractivity contribution in [2.75, 3.05) is 6.54 Å². The highest BCUT2D eigenvalue weighted by atomic mass is 16.7. The number of nitrogens with zero attached hydrogens (tertiary/aromatic N) is 1. The monoisotopic (exact) mass is 284 g/mol. The first kappa shape index (κ1) is 15.3. The number of hydroxylamine groups is 2. The zero-order valence-electron chi connectivity index (χ0n) is 12.3. The normalized spacial score (nSPS) is 27.4. The number of fused-ring (bicyclic) bond motifs is 1. The maximum atomic E-state index is 11.5. The van der Waals surface area contributed by atoms with Crippen LogP contribution in [0.4, 0.5) is 0 Å². The van der Waals surface area contributed by atoms with Crippen LogP contribution in [-0.2, 0) is 9.63 Å². The Kier molecular flexibility index (Phi) is 4.09. The molecule has 0 aromatic heterocycles. The van der Waals surface area contributed by atoms with Crippen LogP contribution in [-0.4, -0.2) is 46.0 Å². The minimum absolute atomic E-state index is 0.0618. The van der Waals surface area contributed by atoms with E-state index < -0.39 is 12.1 Å². The first-order valence-corrected chi connectivity index (χ1v) is 7.10. The van der Waals surface area contributed by atoms with E-state index in [-0.39, 0.29) is 23.3 Å². The molecule has 0 saturated carbocycles. The predicted molar refractivity (Wildman–Crippen MR) is 73.5 cm³/mol. The van der Waals surface area contributed by atoms with Gasteiger partial charge in [0.05, 0.1) is 12.1 Å². The highest BCUT2D eigenvalue weighted by Crippen LogP contribution is 2.48. The third-order valence-corrected chi connectivity index (χ3v) is 4.34. The molecule has 6 nitrogen and oxygen atoms in total. The maximum absolute atomic E-state index is 11.5. The molecule has 2 rings (SSSR count). The van der Waals surface area contributed by atoms with Crippen molar-refractivity contribution >= 4 is 5.97 Å². The van der Waals surface area contributed by atoms with Gasteiger partial charge in [-0.2, -0.15) is 0 Å². The molecule has 4 N–H and O–H groups in total. The summed E-state index contributed by atoms with van der Waals surface area (Å²) in [5.41, 5.74) is 6.47. The van der Waals surface area contributed by atoms with Gasteiger partial charge in [0.15, 0.2) is 0 Å². The van der Waals surface area contributed by atoms with Crippen molar-refractivity contribution in [3.63, 3.8) is 0 Å². The lowest BCUT2D eigenvalue weighted by atomic mass is 9.77. The summed E-state index contributed by atoms with van der Waals surface area (Å²) in [5.74, 6) is -0.965. The molecule has 1 saturated heterocycles. The molecule has 2 aliphatic rings. The molecule has 0 bridgehead atoms. The summed E-state index contributed by atoms with van der Waals surface area (Å²) in [6.45, 7) is 6.35. The highest BCUT2D eigenvalue weighted by molar-refractivity contribution is 5.88. The van der Waals surface area contributed by atoms with Crippen LogP contribution in [0.15, 0.2) is 11.3 Å². The highest BCUT2D eigenvalue weighted by Gasteiger charge is 2.53. The van der Waals surface area contributed by atoms with E-state index in [0.717, 1.165) is 18.4 Å². The number of carboxylic acids is 1. The van der Waals surface area contributed by atoms with Gasteiger partial charge in [-0.15, -0.1) is 0 Å². The first-order chi connectivity index (χ1) is 9.29. The van der Waals surface area contributed by atoms with Crippen molar-refractivity contribution < 1.29 is 19.8 Å².